The molecule has 150 valence electrons. The molecule has 0 saturated carbocycles. The van der Waals surface area contributed by atoms with Crippen molar-refractivity contribution in [1.29, 1.82) is 0 Å². The molecule has 0 aliphatic heterocycles. The Morgan fingerprint density at radius 3 is 2.43 bits per heavy atom. The Morgan fingerprint density at radius 1 is 1.11 bits per heavy atom. The van der Waals surface area contributed by atoms with Gasteiger partial charge in [0.25, 0.3) is 0 Å². The number of carbonyl (C=O) groups excluding carboxylic acids is 2. The van der Waals surface area contributed by atoms with Crippen molar-refractivity contribution < 1.29 is 9.59 Å². The first-order valence-corrected chi connectivity index (χ1v) is 11.0. The average molecular weight is 439 g/mol. The fraction of sp³-hybridized carbons (Fsp3) is 0.333. The second kappa shape index (κ2) is 11.3. The Balaban J connectivity index is 2.06. The maximum Gasteiger partial charge on any atom is 0.242 e. The van der Waals surface area contributed by atoms with E-state index in [-0.39, 0.29) is 24.1 Å². The highest BCUT2D eigenvalue weighted by molar-refractivity contribution is 7.99. The molecule has 0 saturated heterocycles. The zero-order valence-electron chi connectivity index (χ0n) is 16.0. The molecule has 0 aliphatic rings. The lowest BCUT2D eigenvalue weighted by Gasteiger charge is -2.29. The molecular formula is C21H24Cl2N2O2S. The monoisotopic (exact) mass is 438 g/mol. The van der Waals surface area contributed by atoms with Gasteiger partial charge in [-0.3, -0.25) is 9.59 Å². The Labute approximate surface area is 180 Å². The lowest BCUT2D eigenvalue weighted by Crippen LogP contribution is -2.48. The summed E-state index contributed by atoms with van der Waals surface area (Å²) in [6.45, 7) is 4.40. The molecule has 7 heteroatoms. The van der Waals surface area contributed by atoms with Gasteiger partial charge in [0.15, 0.2) is 0 Å². The fourth-order valence-corrected chi connectivity index (χ4v) is 3.83. The van der Waals surface area contributed by atoms with Gasteiger partial charge in [-0.15, -0.1) is 11.8 Å². The van der Waals surface area contributed by atoms with Gasteiger partial charge in [-0.05, 0) is 43.2 Å². The molecule has 2 rings (SSSR count). The molecule has 0 radical (unpaired) electrons. The van der Waals surface area contributed by atoms with Gasteiger partial charge in [0, 0.05) is 28.9 Å². The maximum absolute atomic E-state index is 12.9. The zero-order chi connectivity index (χ0) is 20.5. The number of hydrogen-bond acceptors (Lipinski definition) is 3. The molecule has 0 bridgehead atoms. The number of amides is 2. The third-order valence-electron chi connectivity index (χ3n) is 4.22. The Bertz CT molecular complexity index is 799. The van der Waals surface area contributed by atoms with E-state index in [2.05, 4.69) is 5.32 Å². The van der Waals surface area contributed by atoms with Crippen LogP contribution in [0.4, 0.5) is 0 Å². The fourth-order valence-electron chi connectivity index (χ4n) is 2.63. The van der Waals surface area contributed by atoms with E-state index < -0.39 is 6.04 Å². The first-order chi connectivity index (χ1) is 13.4. The number of nitrogens with zero attached hydrogens (tertiary/aromatic N) is 1. The minimum atomic E-state index is -0.583. The molecule has 0 heterocycles. The van der Waals surface area contributed by atoms with Crippen LogP contribution in [0.5, 0.6) is 0 Å². The smallest absolute Gasteiger partial charge is 0.242 e. The first-order valence-electron chi connectivity index (χ1n) is 9.05. The molecule has 0 aliphatic carbocycles. The molecule has 1 atom stereocenters. The summed E-state index contributed by atoms with van der Waals surface area (Å²) in [6, 6.07) is 14.3. The van der Waals surface area contributed by atoms with Crippen LogP contribution in [0, 0.1) is 0 Å². The van der Waals surface area contributed by atoms with E-state index in [0.29, 0.717) is 22.3 Å². The van der Waals surface area contributed by atoms with Crippen molar-refractivity contribution in [2.75, 3.05) is 12.3 Å². The third-order valence-corrected chi connectivity index (χ3v) is 5.83. The van der Waals surface area contributed by atoms with Crippen LogP contribution in [0.3, 0.4) is 0 Å². The molecule has 0 unspecified atom stereocenters. The molecule has 1 N–H and O–H groups in total. The summed E-state index contributed by atoms with van der Waals surface area (Å²) in [6.07, 6.45) is 0. The molecule has 4 nitrogen and oxygen atoms in total. The summed E-state index contributed by atoms with van der Waals surface area (Å²) in [5.41, 5.74) is 1.91. The van der Waals surface area contributed by atoms with E-state index in [9.17, 15) is 9.59 Å². The highest BCUT2D eigenvalue weighted by Crippen LogP contribution is 2.21. The van der Waals surface area contributed by atoms with Crippen molar-refractivity contribution >= 4 is 46.8 Å². The van der Waals surface area contributed by atoms with Crippen LogP contribution in [0.1, 0.15) is 25.0 Å². The number of rotatable bonds is 9. The van der Waals surface area contributed by atoms with Gasteiger partial charge in [0.1, 0.15) is 6.04 Å². The topological polar surface area (TPSA) is 49.4 Å². The summed E-state index contributed by atoms with van der Waals surface area (Å²) in [7, 11) is 0. The van der Waals surface area contributed by atoms with Gasteiger partial charge >= 0.3 is 0 Å². The quantitative estimate of drug-likeness (QED) is 0.612. The van der Waals surface area contributed by atoms with Crippen LogP contribution >= 0.6 is 35.0 Å². The van der Waals surface area contributed by atoms with Crippen LogP contribution < -0.4 is 5.32 Å². The first kappa shape index (κ1) is 22.6. The molecule has 28 heavy (non-hydrogen) atoms. The normalized spacial score (nSPS) is 11.7. The van der Waals surface area contributed by atoms with E-state index in [1.54, 1.807) is 17.9 Å². The highest BCUT2D eigenvalue weighted by atomic mass is 35.5. The van der Waals surface area contributed by atoms with Crippen LogP contribution in [0.2, 0.25) is 10.0 Å². The molecule has 2 amide bonds. The Hall–Kier alpha value is -1.69. The maximum atomic E-state index is 12.9. The Morgan fingerprint density at radius 2 is 1.79 bits per heavy atom. The number of thioether (sulfide) groups is 1. The van der Waals surface area contributed by atoms with Gasteiger partial charge < -0.3 is 10.2 Å². The van der Waals surface area contributed by atoms with Crippen molar-refractivity contribution in [3.05, 3.63) is 69.7 Å². The second-order valence-corrected chi connectivity index (χ2v) is 8.13. The van der Waals surface area contributed by atoms with Crippen molar-refractivity contribution in [3.8, 4) is 0 Å². The zero-order valence-corrected chi connectivity index (χ0v) is 18.3. The van der Waals surface area contributed by atoms with Crippen LogP contribution in [0.15, 0.2) is 48.5 Å². The lowest BCUT2D eigenvalue weighted by molar-refractivity contribution is -0.138. The number of carbonyl (C=O) groups is 2. The average Bonchev–Trinajstić information content (AvgIpc) is 2.68. The molecule has 0 spiro atoms. The van der Waals surface area contributed by atoms with Gasteiger partial charge in [-0.25, -0.2) is 0 Å². The number of likely N-dealkylation sites (N-methyl/N-ethyl adjacent to an activating group) is 1. The summed E-state index contributed by atoms with van der Waals surface area (Å²) in [5, 5.41) is 4.05. The van der Waals surface area contributed by atoms with Crippen LogP contribution in [-0.2, 0) is 21.9 Å². The number of benzene rings is 2. The minimum Gasteiger partial charge on any atom is -0.355 e. The SMILES string of the molecule is CCNC(=O)[C@@H](C)N(Cc1ccccc1Cl)C(=O)CSCc1ccc(Cl)cc1. The van der Waals surface area contributed by atoms with E-state index >= 15 is 0 Å². The van der Waals surface area contributed by atoms with Gasteiger partial charge in [0.2, 0.25) is 11.8 Å². The Kier molecular flexibility index (Phi) is 9.16. The van der Waals surface area contributed by atoms with Crippen molar-refractivity contribution in [2.24, 2.45) is 0 Å². The summed E-state index contributed by atoms with van der Waals surface area (Å²) in [5.74, 6) is 0.693. The van der Waals surface area contributed by atoms with Crippen molar-refractivity contribution in [3.63, 3.8) is 0 Å². The largest absolute Gasteiger partial charge is 0.355 e. The van der Waals surface area contributed by atoms with E-state index in [1.165, 1.54) is 11.8 Å². The minimum absolute atomic E-state index is 0.0994. The molecular weight excluding hydrogens is 415 g/mol. The predicted octanol–water partition coefficient (Wildman–Crippen LogP) is 4.78. The molecule has 2 aromatic carbocycles. The van der Waals surface area contributed by atoms with Crippen molar-refractivity contribution in [1.82, 2.24) is 10.2 Å². The number of nitrogens with one attached hydrogen (secondary N) is 1. The van der Waals surface area contributed by atoms with Gasteiger partial charge in [-0.1, -0.05) is 53.5 Å². The number of hydrogen-bond donors (Lipinski definition) is 1. The van der Waals surface area contributed by atoms with Gasteiger partial charge in [0.05, 0.1) is 5.75 Å². The molecule has 0 fully saturated rings. The summed E-state index contributed by atoms with van der Waals surface area (Å²) < 4.78 is 0. The lowest BCUT2D eigenvalue weighted by atomic mass is 10.1. The van der Waals surface area contributed by atoms with Crippen LogP contribution in [0.25, 0.3) is 0 Å². The van der Waals surface area contributed by atoms with E-state index in [0.717, 1.165) is 11.1 Å². The predicted molar refractivity (Wildman–Crippen MR) is 118 cm³/mol. The van der Waals surface area contributed by atoms with E-state index in [1.807, 2.05) is 49.4 Å². The van der Waals surface area contributed by atoms with E-state index in [4.69, 9.17) is 23.2 Å². The van der Waals surface area contributed by atoms with Gasteiger partial charge in [-0.2, -0.15) is 0 Å². The molecule has 0 aromatic heterocycles. The molecule has 2 aromatic rings. The highest BCUT2D eigenvalue weighted by Gasteiger charge is 2.26. The standard InChI is InChI=1S/C21H24Cl2N2O2S/c1-3-24-21(27)15(2)25(12-17-6-4-5-7-19(17)23)20(26)14-28-13-16-8-10-18(22)11-9-16/h4-11,15H,3,12-14H2,1-2H3,(H,24,27)/t15-/m1/s1. The summed E-state index contributed by atoms with van der Waals surface area (Å²) >= 11 is 13.7. The third kappa shape index (κ3) is 6.73. The van der Waals surface area contributed by atoms with Crippen LogP contribution in [-0.4, -0.2) is 35.1 Å². The van der Waals surface area contributed by atoms with Crippen molar-refractivity contribution in [2.45, 2.75) is 32.2 Å². The summed E-state index contributed by atoms with van der Waals surface area (Å²) in [4.78, 5) is 26.8. The number of halogens is 2. The second-order valence-electron chi connectivity index (χ2n) is 6.30.